The summed E-state index contributed by atoms with van der Waals surface area (Å²) in [7, 11) is 0. The third-order valence-corrected chi connectivity index (χ3v) is 6.89. The van der Waals surface area contributed by atoms with Gasteiger partial charge >= 0.3 is 0 Å². The van der Waals surface area contributed by atoms with Crippen molar-refractivity contribution >= 4 is 35.0 Å². The average molecular weight is 499 g/mol. The zero-order valence-corrected chi connectivity index (χ0v) is 20.9. The molecular formula is C30H27FN2O2S. The summed E-state index contributed by atoms with van der Waals surface area (Å²) < 4.78 is 13.2. The van der Waals surface area contributed by atoms with Crippen LogP contribution in [0.2, 0.25) is 0 Å². The van der Waals surface area contributed by atoms with Crippen molar-refractivity contribution in [3.05, 3.63) is 126 Å². The second-order valence-corrected chi connectivity index (χ2v) is 9.84. The fourth-order valence-electron chi connectivity index (χ4n) is 3.65. The molecule has 0 heterocycles. The van der Waals surface area contributed by atoms with Crippen molar-refractivity contribution in [3.63, 3.8) is 0 Å². The number of rotatable bonds is 8. The lowest BCUT2D eigenvalue weighted by Crippen LogP contribution is -2.19. The van der Waals surface area contributed by atoms with E-state index in [2.05, 4.69) is 24.5 Å². The molecule has 182 valence electrons. The maximum Gasteiger partial charge on any atom is 0.255 e. The molecule has 6 heteroatoms. The molecule has 0 saturated carbocycles. The maximum atomic E-state index is 13.4. The number of benzene rings is 4. The molecule has 0 aliphatic rings. The Labute approximate surface area is 215 Å². The molecule has 4 rings (SSSR count). The zero-order chi connectivity index (χ0) is 25.5. The highest BCUT2D eigenvalue weighted by Gasteiger charge is 2.22. The molecule has 0 bridgehead atoms. The molecule has 2 amide bonds. The van der Waals surface area contributed by atoms with Crippen LogP contribution >= 0.6 is 11.8 Å². The topological polar surface area (TPSA) is 58.2 Å². The maximum absolute atomic E-state index is 13.4. The average Bonchev–Trinajstić information content (AvgIpc) is 2.88. The van der Waals surface area contributed by atoms with E-state index in [4.69, 9.17) is 0 Å². The smallest absolute Gasteiger partial charge is 0.255 e. The first kappa shape index (κ1) is 25.2. The number of anilines is 2. The van der Waals surface area contributed by atoms with E-state index in [1.165, 1.54) is 41.6 Å². The van der Waals surface area contributed by atoms with E-state index < -0.39 is 11.1 Å². The van der Waals surface area contributed by atoms with Gasteiger partial charge in [0.2, 0.25) is 5.91 Å². The Hall–Kier alpha value is -3.90. The first-order chi connectivity index (χ1) is 17.4. The summed E-state index contributed by atoms with van der Waals surface area (Å²) in [4.78, 5) is 26.8. The minimum atomic E-state index is -0.501. The number of amides is 2. The Morgan fingerprint density at radius 1 is 0.722 bits per heavy atom. The van der Waals surface area contributed by atoms with E-state index in [1.807, 2.05) is 72.8 Å². The lowest BCUT2D eigenvalue weighted by Gasteiger charge is -2.18. The molecule has 0 fully saturated rings. The molecule has 0 radical (unpaired) electrons. The van der Waals surface area contributed by atoms with Crippen LogP contribution in [0, 0.1) is 5.82 Å². The molecule has 4 aromatic carbocycles. The van der Waals surface area contributed by atoms with Gasteiger partial charge in [0.25, 0.3) is 5.91 Å². The normalized spacial score (nSPS) is 11.7. The fourth-order valence-corrected chi connectivity index (χ4v) is 4.73. The summed E-state index contributed by atoms with van der Waals surface area (Å²) in [5.41, 5.74) is 3.78. The summed E-state index contributed by atoms with van der Waals surface area (Å²) in [6, 6.07) is 30.2. The monoisotopic (exact) mass is 498 g/mol. The molecule has 1 unspecified atom stereocenters. The highest BCUT2D eigenvalue weighted by Crippen LogP contribution is 2.37. The fraction of sp³-hybridized carbons (Fsp3) is 0.133. The first-order valence-electron chi connectivity index (χ1n) is 11.7. The highest BCUT2D eigenvalue weighted by atomic mass is 32.2. The summed E-state index contributed by atoms with van der Waals surface area (Å²) in [5, 5.41) is 5.38. The van der Waals surface area contributed by atoms with Gasteiger partial charge in [-0.15, -0.1) is 11.8 Å². The van der Waals surface area contributed by atoms with Crippen molar-refractivity contribution in [1.82, 2.24) is 0 Å². The molecule has 0 aliphatic carbocycles. The van der Waals surface area contributed by atoms with Crippen LogP contribution in [-0.4, -0.2) is 11.8 Å². The highest BCUT2D eigenvalue weighted by molar-refractivity contribution is 8.00. The second kappa shape index (κ2) is 11.7. The van der Waals surface area contributed by atoms with Gasteiger partial charge in [0.1, 0.15) is 11.1 Å². The second-order valence-electron chi connectivity index (χ2n) is 8.66. The lowest BCUT2D eigenvalue weighted by atomic mass is 10.0. The van der Waals surface area contributed by atoms with Crippen molar-refractivity contribution in [2.24, 2.45) is 0 Å². The summed E-state index contributed by atoms with van der Waals surface area (Å²) >= 11 is 1.40. The van der Waals surface area contributed by atoms with E-state index in [0.717, 1.165) is 16.1 Å². The van der Waals surface area contributed by atoms with Crippen LogP contribution < -0.4 is 10.6 Å². The molecule has 1 atom stereocenters. The van der Waals surface area contributed by atoms with Gasteiger partial charge in [0, 0.05) is 21.8 Å². The van der Waals surface area contributed by atoms with Crippen LogP contribution in [0.1, 0.15) is 46.5 Å². The molecule has 2 N–H and O–H groups in total. The van der Waals surface area contributed by atoms with Crippen molar-refractivity contribution in [1.29, 1.82) is 0 Å². The zero-order valence-electron chi connectivity index (χ0n) is 20.1. The Morgan fingerprint density at radius 3 is 2.08 bits per heavy atom. The minimum absolute atomic E-state index is 0.135. The molecule has 0 spiro atoms. The van der Waals surface area contributed by atoms with E-state index in [9.17, 15) is 14.0 Å². The van der Waals surface area contributed by atoms with E-state index in [0.29, 0.717) is 17.2 Å². The molecule has 4 aromatic rings. The van der Waals surface area contributed by atoms with E-state index in [-0.39, 0.29) is 11.8 Å². The summed E-state index contributed by atoms with van der Waals surface area (Å²) in [6.45, 7) is 4.26. The Morgan fingerprint density at radius 2 is 1.42 bits per heavy atom. The Kier molecular flexibility index (Phi) is 8.18. The number of carbonyl (C=O) groups excluding carboxylic acids is 2. The van der Waals surface area contributed by atoms with Crippen LogP contribution in [-0.2, 0) is 4.79 Å². The third-order valence-electron chi connectivity index (χ3n) is 5.64. The van der Waals surface area contributed by atoms with Gasteiger partial charge in [-0.2, -0.15) is 0 Å². The number of thioether (sulfide) groups is 1. The Bertz CT molecular complexity index is 1320. The van der Waals surface area contributed by atoms with Crippen molar-refractivity contribution < 1.29 is 14.0 Å². The minimum Gasteiger partial charge on any atom is -0.325 e. The number of hydrogen-bond acceptors (Lipinski definition) is 3. The van der Waals surface area contributed by atoms with Gasteiger partial charge in [0.05, 0.1) is 0 Å². The van der Waals surface area contributed by atoms with Gasteiger partial charge in [-0.1, -0.05) is 62.4 Å². The predicted octanol–water partition coefficient (Wildman–Crippen LogP) is 7.67. The van der Waals surface area contributed by atoms with Gasteiger partial charge in [-0.3, -0.25) is 9.59 Å². The number of halogens is 1. The summed E-state index contributed by atoms with van der Waals surface area (Å²) in [6.07, 6.45) is 0. The van der Waals surface area contributed by atoms with Crippen molar-refractivity contribution in [2.75, 3.05) is 10.6 Å². The number of carbonyl (C=O) groups is 2. The quantitative estimate of drug-likeness (QED) is 0.245. The SMILES string of the molecule is CC(C)c1ccc(NC(=O)C(Sc2cccc(NC(=O)c3ccc(F)cc3)c2)c2ccccc2)cc1. The van der Waals surface area contributed by atoms with Gasteiger partial charge in [-0.05, 0) is 71.6 Å². The van der Waals surface area contributed by atoms with Crippen molar-refractivity contribution in [2.45, 2.75) is 29.9 Å². The standard InChI is InChI=1S/C30H27FN2O2S/c1-20(2)21-13-17-25(18-14-21)32-30(35)28(22-7-4-3-5-8-22)36-27-10-6-9-26(19-27)33-29(34)23-11-15-24(31)16-12-23/h3-20,28H,1-2H3,(H,32,35)(H,33,34). The van der Waals surface area contributed by atoms with Crippen LogP contribution in [0.15, 0.2) is 108 Å². The van der Waals surface area contributed by atoms with Crippen LogP contribution in [0.5, 0.6) is 0 Å². The largest absolute Gasteiger partial charge is 0.325 e. The molecule has 0 saturated heterocycles. The molecule has 0 aromatic heterocycles. The van der Waals surface area contributed by atoms with Gasteiger partial charge in [0.15, 0.2) is 0 Å². The third kappa shape index (κ3) is 6.61. The molecule has 0 aliphatic heterocycles. The lowest BCUT2D eigenvalue weighted by molar-refractivity contribution is -0.115. The summed E-state index contributed by atoms with van der Waals surface area (Å²) in [5.74, 6) is -0.451. The van der Waals surface area contributed by atoms with Gasteiger partial charge < -0.3 is 10.6 Å². The van der Waals surface area contributed by atoms with Gasteiger partial charge in [-0.25, -0.2) is 4.39 Å². The number of nitrogens with one attached hydrogen (secondary N) is 2. The van der Waals surface area contributed by atoms with E-state index >= 15 is 0 Å². The first-order valence-corrected chi connectivity index (χ1v) is 12.6. The molecule has 36 heavy (non-hydrogen) atoms. The van der Waals surface area contributed by atoms with Crippen LogP contribution in [0.4, 0.5) is 15.8 Å². The van der Waals surface area contributed by atoms with Crippen molar-refractivity contribution in [3.8, 4) is 0 Å². The van der Waals surface area contributed by atoms with Crippen LogP contribution in [0.25, 0.3) is 0 Å². The molecular weight excluding hydrogens is 471 g/mol. The molecule has 4 nitrogen and oxygen atoms in total. The van der Waals surface area contributed by atoms with E-state index in [1.54, 1.807) is 6.07 Å². The Balaban J connectivity index is 1.52. The number of hydrogen-bond donors (Lipinski definition) is 2. The van der Waals surface area contributed by atoms with Crippen LogP contribution in [0.3, 0.4) is 0 Å². The predicted molar refractivity (Wildman–Crippen MR) is 145 cm³/mol.